The maximum absolute atomic E-state index is 12.8. The van der Waals surface area contributed by atoms with Crippen molar-refractivity contribution in [2.24, 2.45) is 0 Å². The number of carbonyl (C=O) groups is 2. The van der Waals surface area contributed by atoms with Crippen molar-refractivity contribution in [3.63, 3.8) is 0 Å². The third kappa shape index (κ3) is 5.27. The molecule has 1 saturated heterocycles. The number of nitrogens with zero attached hydrogens (tertiary/aromatic N) is 1. The van der Waals surface area contributed by atoms with Crippen molar-refractivity contribution in [3.05, 3.63) is 17.7 Å². The summed E-state index contributed by atoms with van der Waals surface area (Å²) < 4.78 is 29.8. The zero-order valence-corrected chi connectivity index (χ0v) is 18.3. The zero-order valence-electron chi connectivity index (χ0n) is 17.5. The van der Waals surface area contributed by atoms with Gasteiger partial charge in [-0.15, -0.1) is 0 Å². The van der Waals surface area contributed by atoms with Gasteiger partial charge < -0.3 is 15.8 Å². The third-order valence-corrected chi connectivity index (χ3v) is 7.23. The number of ether oxygens (including phenoxy) is 1. The molecule has 1 aromatic carbocycles. The van der Waals surface area contributed by atoms with Crippen LogP contribution in [0, 0.1) is 0 Å². The first kappa shape index (κ1) is 23.2. The minimum Gasteiger partial charge on any atom is -0.496 e. The monoisotopic (exact) mass is 425 g/mol. The van der Waals surface area contributed by atoms with Crippen molar-refractivity contribution < 1.29 is 22.7 Å². The second-order valence-corrected chi connectivity index (χ2v) is 9.57. The van der Waals surface area contributed by atoms with E-state index < -0.39 is 15.7 Å². The molecule has 1 aliphatic heterocycles. The minimum atomic E-state index is -3.57. The molecule has 1 aromatic rings. The molecule has 0 aromatic heterocycles. The molecule has 9 heteroatoms. The van der Waals surface area contributed by atoms with E-state index in [1.807, 2.05) is 6.92 Å². The van der Waals surface area contributed by atoms with Crippen LogP contribution < -0.4 is 15.8 Å². The van der Waals surface area contributed by atoms with Crippen LogP contribution in [0.4, 0.5) is 5.69 Å². The Balaban J connectivity index is 2.18. The molecule has 1 unspecified atom stereocenters. The van der Waals surface area contributed by atoms with Crippen molar-refractivity contribution >= 4 is 27.2 Å². The van der Waals surface area contributed by atoms with Crippen LogP contribution >= 0.6 is 0 Å². The number of carbonyl (C=O) groups excluding carboxylic acids is 2. The molecule has 162 valence electrons. The predicted molar refractivity (Wildman–Crippen MR) is 112 cm³/mol. The summed E-state index contributed by atoms with van der Waals surface area (Å²) in [5.41, 5.74) is 6.06. The number of ketones is 1. The van der Waals surface area contributed by atoms with Crippen LogP contribution in [0.2, 0.25) is 0 Å². The first-order valence-electron chi connectivity index (χ1n) is 9.88. The lowest BCUT2D eigenvalue weighted by atomic mass is 10.1. The zero-order chi connectivity index (χ0) is 21.8. The number of hydrogen-bond donors (Lipinski definition) is 2. The summed E-state index contributed by atoms with van der Waals surface area (Å²) in [7, 11) is -2.17. The van der Waals surface area contributed by atoms with E-state index >= 15 is 0 Å². The minimum absolute atomic E-state index is 0.0558. The summed E-state index contributed by atoms with van der Waals surface area (Å²) in [5.74, 6) is -0.145. The van der Waals surface area contributed by atoms with Gasteiger partial charge in [-0.05, 0) is 32.4 Å². The molecule has 0 spiro atoms. The number of sulfone groups is 1. The van der Waals surface area contributed by atoms with Crippen molar-refractivity contribution in [1.82, 2.24) is 10.2 Å². The molecule has 2 atom stereocenters. The van der Waals surface area contributed by atoms with Crippen LogP contribution in [0.1, 0.15) is 50.4 Å². The van der Waals surface area contributed by atoms with Gasteiger partial charge in [-0.1, -0.05) is 13.8 Å². The second kappa shape index (κ2) is 9.58. The fourth-order valence-corrected chi connectivity index (χ4v) is 4.98. The van der Waals surface area contributed by atoms with E-state index in [4.69, 9.17) is 10.5 Å². The van der Waals surface area contributed by atoms with Crippen LogP contribution in [0.3, 0.4) is 0 Å². The Morgan fingerprint density at radius 1 is 1.24 bits per heavy atom. The lowest BCUT2D eigenvalue weighted by Gasteiger charge is -2.28. The molecule has 0 saturated carbocycles. The Labute approximate surface area is 172 Å². The molecule has 1 aliphatic rings. The SMILES string of the molecule is CCN1C(CC(C)=O)CC[C@@H]1CNC(=O)c1cc(S(=O)(=O)CC)c(N)cc1OC. The van der Waals surface area contributed by atoms with E-state index in [0.717, 1.165) is 19.4 Å². The third-order valence-electron chi connectivity index (χ3n) is 5.45. The maximum Gasteiger partial charge on any atom is 0.255 e. The Morgan fingerprint density at radius 3 is 2.45 bits per heavy atom. The average molecular weight is 426 g/mol. The molecule has 8 nitrogen and oxygen atoms in total. The highest BCUT2D eigenvalue weighted by molar-refractivity contribution is 7.91. The number of likely N-dealkylation sites (tertiary alicyclic amines) is 1. The molecule has 0 aliphatic carbocycles. The van der Waals surface area contributed by atoms with Gasteiger partial charge in [0.2, 0.25) is 0 Å². The number of nitrogens with one attached hydrogen (secondary N) is 1. The van der Waals surface area contributed by atoms with Crippen molar-refractivity contribution in [2.45, 2.75) is 57.0 Å². The van der Waals surface area contributed by atoms with E-state index in [1.165, 1.54) is 26.2 Å². The summed E-state index contributed by atoms with van der Waals surface area (Å²) in [6.45, 7) is 6.36. The molecular weight excluding hydrogens is 394 g/mol. The Morgan fingerprint density at radius 2 is 1.90 bits per heavy atom. The normalized spacial score (nSPS) is 19.9. The number of methoxy groups -OCH3 is 1. The fraction of sp³-hybridized carbons (Fsp3) is 0.600. The predicted octanol–water partition coefficient (Wildman–Crippen LogP) is 1.63. The lowest BCUT2D eigenvalue weighted by Crippen LogP contribution is -2.43. The summed E-state index contributed by atoms with van der Waals surface area (Å²) >= 11 is 0. The van der Waals surface area contributed by atoms with E-state index in [-0.39, 0.29) is 45.5 Å². The van der Waals surface area contributed by atoms with Crippen LogP contribution in [-0.2, 0) is 14.6 Å². The largest absolute Gasteiger partial charge is 0.496 e. The molecule has 1 amide bonds. The van der Waals surface area contributed by atoms with Gasteiger partial charge in [-0.25, -0.2) is 8.42 Å². The summed E-state index contributed by atoms with van der Waals surface area (Å²) in [5, 5.41) is 2.89. The van der Waals surface area contributed by atoms with Gasteiger partial charge in [0.15, 0.2) is 9.84 Å². The van der Waals surface area contributed by atoms with Crippen molar-refractivity contribution in [1.29, 1.82) is 0 Å². The standard InChI is InChI=1S/C20H31N3O5S/c1-5-23-14(9-13(3)24)7-8-15(23)12-22-20(25)16-10-19(29(26,27)6-2)17(21)11-18(16)28-4/h10-11,14-15H,5-9,12,21H2,1-4H3,(H,22,25)/t14?,15-/m1/s1. The van der Waals surface area contributed by atoms with Gasteiger partial charge in [0, 0.05) is 31.1 Å². The highest BCUT2D eigenvalue weighted by Gasteiger charge is 2.33. The number of likely N-dealkylation sites (N-methyl/N-ethyl adjacent to an activating group) is 1. The highest BCUT2D eigenvalue weighted by atomic mass is 32.2. The van der Waals surface area contributed by atoms with E-state index in [2.05, 4.69) is 10.2 Å². The Hall–Kier alpha value is -2.13. The molecule has 2 rings (SSSR count). The second-order valence-electron chi connectivity index (χ2n) is 7.33. The van der Waals surface area contributed by atoms with Gasteiger partial charge in [0.1, 0.15) is 11.5 Å². The number of hydrogen-bond acceptors (Lipinski definition) is 7. The van der Waals surface area contributed by atoms with Gasteiger partial charge >= 0.3 is 0 Å². The van der Waals surface area contributed by atoms with Gasteiger partial charge in [-0.3, -0.25) is 14.5 Å². The number of Topliss-reactive ketones (excluding diaryl/α,β-unsaturated/α-hetero) is 1. The molecule has 3 N–H and O–H groups in total. The fourth-order valence-electron chi connectivity index (χ4n) is 3.95. The first-order valence-corrected chi connectivity index (χ1v) is 11.5. The summed E-state index contributed by atoms with van der Waals surface area (Å²) in [6, 6.07) is 2.99. The van der Waals surface area contributed by atoms with E-state index in [1.54, 1.807) is 6.92 Å². The van der Waals surface area contributed by atoms with Crippen LogP contribution in [0.15, 0.2) is 17.0 Å². The quantitative estimate of drug-likeness (QED) is 0.577. The Kier molecular flexibility index (Phi) is 7.65. The molecule has 29 heavy (non-hydrogen) atoms. The van der Waals surface area contributed by atoms with Gasteiger partial charge in [0.05, 0.1) is 29.0 Å². The number of nitrogens with two attached hydrogens (primary N) is 1. The van der Waals surface area contributed by atoms with Crippen LogP contribution in [-0.4, -0.2) is 63.0 Å². The van der Waals surface area contributed by atoms with Gasteiger partial charge in [0.25, 0.3) is 5.91 Å². The molecular formula is C20H31N3O5S. The van der Waals surface area contributed by atoms with Crippen molar-refractivity contribution in [3.8, 4) is 5.75 Å². The van der Waals surface area contributed by atoms with Crippen molar-refractivity contribution in [2.75, 3.05) is 31.7 Å². The van der Waals surface area contributed by atoms with E-state index in [0.29, 0.717) is 13.0 Å². The maximum atomic E-state index is 12.8. The molecule has 0 bridgehead atoms. The number of amides is 1. The highest BCUT2D eigenvalue weighted by Crippen LogP contribution is 2.30. The molecule has 1 heterocycles. The Bertz CT molecular complexity index is 869. The summed E-state index contributed by atoms with van der Waals surface area (Å²) in [4.78, 5) is 26.5. The molecule has 1 fully saturated rings. The lowest BCUT2D eigenvalue weighted by molar-refractivity contribution is -0.118. The number of benzene rings is 1. The van der Waals surface area contributed by atoms with Gasteiger partial charge in [-0.2, -0.15) is 0 Å². The van der Waals surface area contributed by atoms with Crippen LogP contribution in [0.25, 0.3) is 0 Å². The first-order chi connectivity index (χ1) is 13.6. The number of nitrogen functional groups attached to an aromatic ring is 1. The number of rotatable bonds is 9. The summed E-state index contributed by atoms with van der Waals surface area (Å²) in [6.07, 6.45) is 2.32. The van der Waals surface area contributed by atoms with E-state index in [9.17, 15) is 18.0 Å². The average Bonchev–Trinajstić information content (AvgIpc) is 3.06. The molecule has 0 radical (unpaired) electrons. The smallest absolute Gasteiger partial charge is 0.255 e. The van der Waals surface area contributed by atoms with Crippen LogP contribution in [0.5, 0.6) is 5.75 Å². The topological polar surface area (TPSA) is 119 Å². The number of anilines is 1.